The lowest BCUT2D eigenvalue weighted by molar-refractivity contribution is -0.143. The number of carboxylic acid groups (broad SMARTS) is 1. The third-order valence-electron chi connectivity index (χ3n) is 3.72. The Morgan fingerprint density at radius 2 is 2.14 bits per heavy atom. The van der Waals surface area contributed by atoms with Gasteiger partial charge in [0.1, 0.15) is 0 Å². The fourth-order valence-corrected chi connectivity index (χ4v) is 2.61. The van der Waals surface area contributed by atoms with E-state index in [1.54, 1.807) is 17.1 Å². The molecule has 2 amide bonds. The van der Waals surface area contributed by atoms with Crippen LogP contribution in [0.3, 0.4) is 0 Å². The van der Waals surface area contributed by atoms with Crippen LogP contribution >= 0.6 is 0 Å². The molecule has 2 rings (SSSR count). The van der Waals surface area contributed by atoms with E-state index >= 15 is 0 Å². The summed E-state index contributed by atoms with van der Waals surface area (Å²) in [6, 6.07) is -0.571. The largest absolute Gasteiger partial charge is 0.481 e. The molecule has 2 unspecified atom stereocenters. The minimum absolute atomic E-state index is 0.272. The molecule has 0 bridgehead atoms. The number of carbonyl (C=O) groups excluding carboxylic acids is 1. The Morgan fingerprint density at radius 3 is 2.86 bits per heavy atom. The Morgan fingerprint density at radius 1 is 1.33 bits per heavy atom. The van der Waals surface area contributed by atoms with Gasteiger partial charge >= 0.3 is 12.0 Å². The van der Waals surface area contributed by atoms with Crippen LogP contribution in [-0.4, -0.2) is 44.7 Å². The van der Waals surface area contributed by atoms with Crippen LogP contribution in [0.1, 0.15) is 32.1 Å². The van der Waals surface area contributed by atoms with Crippen LogP contribution in [0.5, 0.6) is 0 Å². The summed E-state index contributed by atoms with van der Waals surface area (Å²) in [5, 5.41) is 22.2. The molecule has 8 heteroatoms. The Balaban J connectivity index is 1.67. The van der Waals surface area contributed by atoms with Crippen molar-refractivity contribution in [1.29, 1.82) is 0 Å². The first-order valence-corrected chi connectivity index (χ1v) is 7.28. The fraction of sp³-hybridized carbons (Fsp3) is 0.692. The summed E-state index contributed by atoms with van der Waals surface area (Å²) < 4.78 is 1.70. The third-order valence-corrected chi connectivity index (χ3v) is 3.72. The van der Waals surface area contributed by atoms with Crippen LogP contribution in [-0.2, 0) is 11.3 Å². The minimum Gasteiger partial charge on any atom is -0.481 e. The molecule has 1 fully saturated rings. The van der Waals surface area contributed by atoms with Gasteiger partial charge in [-0.1, -0.05) is 18.1 Å². The van der Waals surface area contributed by atoms with Crippen molar-refractivity contribution in [2.45, 2.75) is 44.7 Å². The highest BCUT2D eigenvalue weighted by molar-refractivity contribution is 5.76. The standard InChI is InChI=1S/C13H21N5O3/c19-12(20)10-4-1-2-5-11(10)16-13(21)14-6-3-8-18-9-7-15-17-18/h7,9-11H,1-6,8H2,(H,19,20)(H2,14,16,21). The zero-order valence-electron chi connectivity index (χ0n) is 11.9. The van der Waals surface area contributed by atoms with Crippen LogP contribution in [0.15, 0.2) is 12.4 Å². The monoisotopic (exact) mass is 295 g/mol. The third kappa shape index (κ3) is 4.73. The number of nitrogens with one attached hydrogen (secondary N) is 2. The minimum atomic E-state index is -0.828. The van der Waals surface area contributed by atoms with Gasteiger partial charge in [0.05, 0.1) is 12.1 Å². The first-order valence-electron chi connectivity index (χ1n) is 7.28. The van der Waals surface area contributed by atoms with Crippen molar-refractivity contribution in [3.05, 3.63) is 12.4 Å². The molecule has 1 aliphatic rings. The quantitative estimate of drug-likeness (QED) is 0.666. The second-order valence-corrected chi connectivity index (χ2v) is 5.26. The van der Waals surface area contributed by atoms with Crippen LogP contribution in [0.4, 0.5) is 4.79 Å². The molecule has 8 nitrogen and oxygen atoms in total. The first kappa shape index (κ1) is 15.3. The Hall–Kier alpha value is -2.12. The van der Waals surface area contributed by atoms with Crippen molar-refractivity contribution in [2.24, 2.45) is 5.92 Å². The van der Waals surface area contributed by atoms with Crippen molar-refractivity contribution < 1.29 is 14.7 Å². The zero-order chi connectivity index (χ0) is 15.1. The number of carboxylic acids is 1. The van der Waals surface area contributed by atoms with Crippen molar-refractivity contribution in [2.75, 3.05) is 6.54 Å². The molecular formula is C13H21N5O3. The number of amides is 2. The van der Waals surface area contributed by atoms with Gasteiger partial charge in [-0.3, -0.25) is 9.48 Å². The van der Waals surface area contributed by atoms with E-state index in [0.29, 0.717) is 19.5 Å². The van der Waals surface area contributed by atoms with Gasteiger partial charge < -0.3 is 15.7 Å². The van der Waals surface area contributed by atoms with E-state index in [9.17, 15) is 9.59 Å². The summed E-state index contributed by atoms with van der Waals surface area (Å²) in [6.07, 6.45) is 7.34. The van der Waals surface area contributed by atoms with E-state index in [2.05, 4.69) is 20.9 Å². The Kier molecular flexibility index (Phi) is 5.53. The van der Waals surface area contributed by atoms with Crippen molar-refractivity contribution in [3.8, 4) is 0 Å². The van der Waals surface area contributed by atoms with Gasteiger partial charge in [-0.15, -0.1) is 5.10 Å². The average Bonchev–Trinajstić information content (AvgIpc) is 2.97. The Labute approximate surface area is 122 Å². The highest BCUT2D eigenvalue weighted by Gasteiger charge is 2.31. The maximum Gasteiger partial charge on any atom is 0.315 e. The maximum absolute atomic E-state index is 11.8. The number of hydrogen-bond acceptors (Lipinski definition) is 4. The van der Waals surface area contributed by atoms with Gasteiger partial charge in [0, 0.05) is 25.3 Å². The molecule has 1 aromatic rings. The predicted molar refractivity (Wildman–Crippen MR) is 74.6 cm³/mol. The molecule has 0 radical (unpaired) electrons. The van der Waals surface area contributed by atoms with Gasteiger partial charge in [0.25, 0.3) is 0 Å². The SMILES string of the molecule is O=C(NCCCn1ccnn1)NC1CCCCC1C(=O)O. The van der Waals surface area contributed by atoms with E-state index in [1.165, 1.54) is 0 Å². The molecule has 1 saturated carbocycles. The topological polar surface area (TPSA) is 109 Å². The van der Waals surface area contributed by atoms with Gasteiger partial charge in [0.2, 0.25) is 0 Å². The van der Waals surface area contributed by atoms with E-state index < -0.39 is 11.9 Å². The van der Waals surface area contributed by atoms with Gasteiger partial charge in [-0.05, 0) is 19.3 Å². The highest BCUT2D eigenvalue weighted by atomic mass is 16.4. The number of nitrogens with zero attached hydrogens (tertiary/aromatic N) is 3. The number of hydrogen-bond donors (Lipinski definition) is 3. The van der Waals surface area contributed by atoms with Gasteiger partial charge in [-0.2, -0.15) is 0 Å². The maximum atomic E-state index is 11.8. The van der Waals surface area contributed by atoms with Gasteiger partial charge in [-0.25, -0.2) is 4.79 Å². The van der Waals surface area contributed by atoms with Crippen molar-refractivity contribution >= 4 is 12.0 Å². The molecule has 21 heavy (non-hydrogen) atoms. The van der Waals surface area contributed by atoms with Crippen molar-refractivity contribution in [1.82, 2.24) is 25.6 Å². The molecule has 116 valence electrons. The number of aromatic nitrogens is 3. The van der Waals surface area contributed by atoms with E-state index in [1.807, 2.05) is 0 Å². The molecule has 1 aromatic heterocycles. The average molecular weight is 295 g/mol. The Bertz CT molecular complexity index is 462. The normalized spacial score (nSPS) is 21.7. The number of aryl methyl sites for hydroxylation is 1. The lowest BCUT2D eigenvalue weighted by Gasteiger charge is -2.29. The molecule has 0 aliphatic heterocycles. The molecule has 2 atom stereocenters. The summed E-state index contributed by atoms with van der Waals surface area (Å²) in [5.74, 6) is -1.30. The summed E-state index contributed by atoms with van der Waals surface area (Å²) in [5.41, 5.74) is 0. The van der Waals surface area contributed by atoms with Crippen LogP contribution in [0, 0.1) is 5.92 Å². The lowest BCUT2D eigenvalue weighted by Crippen LogP contribution is -2.49. The van der Waals surface area contributed by atoms with Crippen LogP contribution in [0.25, 0.3) is 0 Å². The molecule has 1 heterocycles. The van der Waals surface area contributed by atoms with Crippen LogP contribution in [0.2, 0.25) is 0 Å². The second-order valence-electron chi connectivity index (χ2n) is 5.26. The predicted octanol–water partition coefficient (Wildman–Crippen LogP) is 0.611. The number of carbonyl (C=O) groups is 2. The van der Waals surface area contributed by atoms with Crippen molar-refractivity contribution in [3.63, 3.8) is 0 Å². The molecule has 0 spiro atoms. The second kappa shape index (κ2) is 7.61. The molecule has 3 N–H and O–H groups in total. The van der Waals surface area contributed by atoms with Gasteiger partial charge in [0.15, 0.2) is 0 Å². The fourth-order valence-electron chi connectivity index (χ4n) is 2.61. The number of rotatable bonds is 6. The van der Waals surface area contributed by atoms with E-state index in [0.717, 1.165) is 25.7 Å². The summed E-state index contributed by atoms with van der Waals surface area (Å²) in [6.45, 7) is 1.19. The van der Waals surface area contributed by atoms with E-state index in [-0.39, 0.29) is 12.1 Å². The summed E-state index contributed by atoms with van der Waals surface area (Å²) >= 11 is 0. The lowest BCUT2D eigenvalue weighted by atomic mass is 9.84. The molecule has 0 aromatic carbocycles. The molecular weight excluding hydrogens is 274 g/mol. The number of aliphatic carboxylic acids is 1. The van der Waals surface area contributed by atoms with Crippen LogP contribution < -0.4 is 10.6 Å². The highest BCUT2D eigenvalue weighted by Crippen LogP contribution is 2.24. The zero-order valence-corrected chi connectivity index (χ0v) is 11.9. The summed E-state index contributed by atoms with van der Waals surface area (Å²) in [4.78, 5) is 22.9. The first-order chi connectivity index (χ1) is 10.2. The number of urea groups is 1. The van der Waals surface area contributed by atoms with E-state index in [4.69, 9.17) is 5.11 Å². The molecule has 1 aliphatic carbocycles. The molecule has 0 saturated heterocycles. The summed E-state index contributed by atoms with van der Waals surface area (Å²) in [7, 11) is 0. The smallest absolute Gasteiger partial charge is 0.315 e.